The van der Waals surface area contributed by atoms with Gasteiger partial charge in [0, 0.05) is 24.8 Å². The molecular weight excluding hydrogens is 276 g/mol. The number of aryl methyl sites for hydroxylation is 1. The summed E-state index contributed by atoms with van der Waals surface area (Å²) in [6.45, 7) is 0.490. The van der Waals surface area contributed by atoms with E-state index in [0.29, 0.717) is 6.54 Å². The summed E-state index contributed by atoms with van der Waals surface area (Å²) in [5, 5.41) is 4.34. The van der Waals surface area contributed by atoms with E-state index in [0.717, 1.165) is 27.9 Å². The number of rotatable bonds is 4. The van der Waals surface area contributed by atoms with Crippen LogP contribution in [0.4, 0.5) is 5.69 Å². The smallest absolute Gasteiger partial charge is 0.255 e. The third kappa shape index (κ3) is 2.68. The van der Waals surface area contributed by atoms with Crippen LogP contribution in [-0.2, 0) is 13.6 Å². The van der Waals surface area contributed by atoms with Crippen molar-refractivity contribution in [1.82, 2.24) is 4.57 Å². The van der Waals surface area contributed by atoms with Crippen LogP contribution in [-0.4, -0.2) is 11.7 Å². The zero-order valence-corrected chi connectivity index (χ0v) is 12.7. The summed E-state index contributed by atoms with van der Waals surface area (Å²) in [6, 6.07) is 17.5. The van der Waals surface area contributed by atoms with Crippen molar-refractivity contribution < 1.29 is 4.74 Å². The van der Waals surface area contributed by atoms with E-state index in [1.54, 1.807) is 11.7 Å². The van der Waals surface area contributed by atoms with Gasteiger partial charge in [-0.3, -0.25) is 4.79 Å². The van der Waals surface area contributed by atoms with Crippen LogP contribution in [0.25, 0.3) is 10.9 Å². The molecule has 1 aromatic heterocycles. The molecule has 0 aliphatic rings. The summed E-state index contributed by atoms with van der Waals surface area (Å²) in [7, 11) is 3.45. The number of hydrogen-bond acceptors (Lipinski definition) is 3. The number of anilines is 1. The van der Waals surface area contributed by atoms with E-state index < -0.39 is 0 Å². The first-order valence-corrected chi connectivity index (χ1v) is 7.14. The number of aromatic nitrogens is 1. The molecule has 0 saturated carbocycles. The molecule has 0 saturated heterocycles. The van der Waals surface area contributed by atoms with Gasteiger partial charge in [0.15, 0.2) is 0 Å². The SMILES string of the molecule is COc1ccc(NCc2cc3ccccc3n(C)c2=O)cc1. The number of para-hydroxylation sites is 1. The van der Waals surface area contributed by atoms with Crippen LogP contribution >= 0.6 is 0 Å². The highest BCUT2D eigenvalue weighted by Crippen LogP contribution is 2.16. The Kier molecular flexibility index (Phi) is 3.83. The Bertz CT molecular complexity index is 851. The van der Waals surface area contributed by atoms with Gasteiger partial charge in [0.05, 0.1) is 12.6 Å². The second-order valence-corrected chi connectivity index (χ2v) is 5.17. The van der Waals surface area contributed by atoms with E-state index in [9.17, 15) is 4.79 Å². The summed E-state index contributed by atoms with van der Waals surface area (Å²) in [5.41, 5.74) is 2.67. The molecule has 0 aliphatic heterocycles. The van der Waals surface area contributed by atoms with Crippen LogP contribution in [0, 0.1) is 0 Å². The van der Waals surface area contributed by atoms with E-state index in [1.165, 1.54) is 0 Å². The fourth-order valence-corrected chi connectivity index (χ4v) is 2.52. The Morgan fingerprint density at radius 1 is 1.09 bits per heavy atom. The van der Waals surface area contributed by atoms with E-state index in [1.807, 2.05) is 61.6 Å². The van der Waals surface area contributed by atoms with Crippen molar-refractivity contribution in [3.8, 4) is 5.75 Å². The first-order valence-electron chi connectivity index (χ1n) is 7.14. The predicted molar refractivity (Wildman–Crippen MR) is 89.5 cm³/mol. The minimum absolute atomic E-state index is 0.0275. The maximum atomic E-state index is 12.4. The molecule has 0 fully saturated rings. The summed E-state index contributed by atoms with van der Waals surface area (Å²) in [5.74, 6) is 0.812. The van der Waals surface area contributed by atoms with Crippen LogP contribution in [0.2, 0.25) is 0 Å². The Hall–Kier alpha value is -2.75. The number of nitrogens with zero attached hydrogens (tertiary/aromatic N) is 1. The van der Waals surface area contributed by atoms with Crippen LogP contribution in [0.15, 0.2) is 59.4 Å². The maximum absolute atomic E-state index is 12.4. The van der Waals surface area contributed by atoms with Crippen molar-refractivity contribution in [2.75, 3.05) is 12.4 Å². The van der Waals surface area contributed by atoms with Gasteiger partial charge in [-0.15, -0.1) is 0 Å². The monoisotopic (exact) mass is 294 g/mol. The molecule has 0 atom stereocenters. The molecule has 22 heavy (non-hydrogen) atoms. The fraction of sp³-hybridized carbons (Fsp3) is 0.167. The number of hydrogen-bond donors (Lipinski definition) is 1. The highest BCUT2D eigenvalue weighted by Gasteiger charge is 2.06. The Morgan fingerprint density at radius 2 is 1.82 bits per heavy atom. The van der Waals surface area contributed by atoms with E-state index in [4.69, 9.17) is 4.74 Å². The lowest BCUT2D eigenvalue weighted by atomic mass is 10.1. The highest BCUT2D eigenvalue weighted by molar-refractivity contribution is 5.79. The van der Waals surface area contributed by atoms with Crippen molar-refractivity contribution in [2.24, 2.45) is 7.05 Å². The van der Waals surface area contributed by atoms with Crippen molar-refractivity contribution in [3.63, 3.8) is 0 Å². The lowest BCUT2D eigenvalue weighted by Crippen LogP contribution is -2.23. The molecule has 3 aromatic rings. The van der Waals surface area contributed by atoms with E-state index >= 15 is 0 Å². The summed E-state index contributed by atoms with van der Waals surface area (Å²) in [6.07, 6.45) is 0. The average molecular weight is 294 g/mol. The van der Waals surface area contributed by atoms with Crippen LogP contribution in [0.5, 0.6) is 5.75 Å². The highest BCUT2D eigenvalue weighted by atomic mass is 16.5. The third-order valence-electron chi connectivity index (χ3n) is 3.78. The standard InChI is InChI=1S/C18H18N2O2/c1-20-17-6-4-3-5-13(17)11-14(18(20)21)12-19-15-7-9-16(22-2)10-8-15/h3-11,19H,12H2,1-2H3. The number of nitrogens with one attached hydrogen (secondary N) is 1. The van der Waals surface area contributed by atoms with Crippen LogP contribution in [0.1, 0.15) is 5.56 Å². The van der Waals surface area contributed by atoms with Gasteiger partial charge < -0.3 is 14.6 Å². The summed E-state index contributed by atoms with van der Waals surface area (Å²) < 4.78 is 6.83. The fourth-order valence-electron chi connectivity index (χ4n) is 2.52. The van der Waals surface area contributed by atoms with Crippen molar-refractivity contribution in [3.05, 3.63) is 70.5 Å². The van der Waals surface area contributed by atoms with E-state index in [-0.39, 0.29) is 5.56 Å². The minimum atomic E-state index is 0.0275. The zero-order valence-electron chi connectivity index (χ0n) is 12.7. The number of benzene rings is 2. The molecule has 3 rings (SSSR count). The Labute approximate surface area is 129 Å². The summed E-state index contributed by atoms with van der Waals surface area (Å²) in [4.78, 5) is 12.4. The molecule has 1 N–H and O–H groups in total. The molecule has 4 nitrogen and oxygen atoms in total. The second-order valence-electron chi connectivity index (χ2n) is 5.17. The van der Waals surface area contributed by atoms with Gasteiger partial charge in [0.2, 0.25) is 0 Å². The lowest BCUT2D eigenvalue weighted by molar-refractivity contribution is 0.415. The van der Waals surface area contributed by atoms with Gasteiger partial charge in [-0.1, -0.05) is 18.2 Å². The predicted octanol–water partition coefficient (Wildman–Crippen LogP) is 3.16. The summed E-state index contributed by atoms with van der Waals surface area (Å²) >= 11 is 0. The molecule has 0 radical (unpaired) electrons. The zero-order chi connectivity index (χ0) is 15.5. The molecule has 4 heteroatoms. The van der Waals surface area contributed by atoms with Gasteiger partial charge >= 0.3 is 0 Å². The first-order chi connectivity index (χ1) is 10.7. The van der Waals surface area contributed by atoms with Gasteiger partial charge in [-0.05, 0) is 41.8 Å². The van der Waals surface area contributed by atoms with Crippen LogP contribution in [0.3, 0.4) is 0 Å². The number of ether oxygens (including phenoxy) is 1. The molecular formula is C18H18N2O2. The average Bonchev–Trinajstić information content (AvgIpc) is 2.57. The minimum Gasteiger partial charge on any atom is -0.497 e. The normalized spacial score (nSPS) is 10.6. The van der Waals surface area contributed by atoms with Crippen molar-refractivity contribution in [1.29, 1.82) is 0 Å². The largest absolute Gasteiger partial charge is 0.497 e. The molecule has 0 spiro atoms. The number of pyridine rings is 1. The number of fused-ring (bicyclic) bond motifs is 1. The molecule has 2 aromatic carbocycles. The van der Waals surface area contributed by atoms with Gasteiger partial charge in [0.1, 0.15) is 5.75 Å². The van der Waals surface area contributed by atoms with E-state index in [2.05, 4.69) is 5.32 Å². The van der Waals surface area contributed by atoms with Crippen molar-refractivity contribution in [2.45, 2.75) is 6.54 Å². The molecule has 0 bridgehead atoms. The van der Waals surface area contributed by atoms with Gasteiger partial charge in [-0.2, -0.15) is 0 Å². The van der Waals surface area contributed by atoms with Crippen LogP contribution < -0.4 is 15.6 Å². The second kappa shape index (κ2) is 5.93. The molecule has 0 amide bonds. The maximum Gasteiger partial charge on any atom is 0.255 e. The van der Waals surface area contributed by atoms with Gasteiger partial charge in [0.25, 0.3) is 5.56 Å². The molecule has 112 valence electrons. The molecule has 0 aliphatic carbocycles. The quantitative estimate of drug-likeness (QED) is 0.804. The number of methoxy groups -OCH3 is 1. The lowest BCUT2D eigenvalue weighted by Gasteiger charge is -2.10. The van der Waals surface area contributed by atoms with Crippen molar-refractivity contribution >= 4 is 16.6 Å². The van der Waals surface area contributed by atoms with Gasteiger partial charge in [-0.25, -0.2) is 0 Å². The molecule has 0 unspecified atom stereocenters. The Morgan fingerprint density at radius 3 is 2.55 bits per heavy atom. The topological polar surface area (TPSA) is 43.3 Å². The third-order valence-corrected chi connectivity index (χ3v) is 3.78. The molecule has 1 heterocycles. The Balaban J connectivity index is 1.87. The first kappa shape index (κ1) is 14.2.